The maximum absolute atomic E-state index is 11.7. The lowest BCUT2D eigenvalue weighted by atomic mass is 10.1. The molecule has 4 N–H and O–H groups in total. The molecule has 0 atom stereocenters. The average Bonchev–Trinajstić information content (AvgIpc) is 3.16. The minimum Gasteiger partial charge on any atom is -0.424 e. The Balaban J connectivity index is 1.37. The van der Waals surface area contributed by atoms with E-state index in [2.05, 4.69) is 19.9 Å². The molecule has 2 aliphatic rings. The van der Waals surface area contributed by atoms with Crippen LogP contribution in [0, 0.1) is 0 Å². The van der Waals surface area contributed by atoms with Gasteiger partial charge in [0.2, 0.25) is 5.91 Å². The maximum atomic E-state index is 11.7. The number of amides is 1. The van der Waals surface area contributed by atoms with Crippen molar-refractivity contribution in [2.24, 2.45) is 15.7 Å². The Bertz CT molecular complexity index is 1070. The second-order valence-electron chi connectivity index (χ2n) is 7.23. The molecule has 0 radical (unpaired) electrons. The van der Waals surface area contributed by atoms with Gasteiger partial charge in [-0.05, 0) is 37.3 Å². The number of allylic oxidation sites excluding steroid dienone is 2. The number of nitrogen functional groups attached to an aromatic ring is 1. The van der Waals surface area contributed by atoms with Crippen LogP contribution in [0.3, 0.4) is 0 Å². The first kappa shape index (κ1) is 19.8. The number of benzene rings is 1. The van der Waals surface area contributed by atoms with E-state index in [-0.39, 0.29) is 18.5 Å². The van der Waals surface area contributed by atoms with Crippen molar-refractivity contribution in [3.63, 3.8) is 0 Å². The summed E-state index contributed by atoms with van der Waals surface area (Å²) in [4.78, 5) is 29.1. The molecule has 3 heterocycles. The lowest BCUT2D eigenvalue weighted by Crippen LogP contribution is -2.49. The van der Waals surface area contributed by atoms with Crippen LogP contribution < -0.4 is 11.5 Å². The number of oxazole rings is 1. The van der Waals surface area contributed by atoms with Gasteiger partial charge in [-0.25, -0.2) is 0 Å². The smallest absolute Gasteiger partial charge is 0.292 e. The minimum atomic E-state index is 0.00343. The zero-order chi connectivity index (χ0) is 21.1. The Labute approximate surface area is 174 Å². The monoisotopic (exact) mass is 407 g/mol. The van der Waals surface area contributed by atoms with E-state index in [0.29, 0.717) is 30.7 Å². The zero-order valence-corrected chi connectivity index (χ0v) is 16.9. The predicted octanol–water partition coefficient (Wildman–Crippen LogP) is 1.17. The van der Waals surface area contributed by atoms with Crippen molar-refractivity contribution in [1.29, 1.82) is 0 Å². The number of nitrogens with two attached hydrogens (primary N) is 2. The van der Waals surface area contributed by atoms with E-state index in [1.54, 1.807) is 4.90 Å². The molecule has 30 heavy (non-hydrogen) atoms. The number of anilines is 1. The second kappa shape index (κ2) is 8.50. The van der Waals surface area contributed by atoms with Gasteiger partial charge in [-0.3, -0.25) is 14.8 Å². The van der Waals surface area contributed by atoms with Gasteiger partial charge in [0.05, 0.1) is 24.5 Å². The molecule has 1 amide bonds. The lowest BCUT2D eigenvalue weighted by molar-refractivity contribution is -0.131. The normalized spacial score (nSPS) is 18.9. The number of dihydropyridines is 1. The molecule has 1 aromatic carbocycles. The van der Waals surface area contributed by atoms with Crippen LogP contribution in [0.4, 0.5) is 6.01 Å². The molecule has 1 fully saturated rings. The number of hydrogen-bond donors (Lipinski definition) is 2. The molecule has 2 aromatic rings. The van der Waals surface area contributed by atoms with Crippen molar-refractivity contribution >= 4 is 34.4 Å². The van der Waals surface area contributed by atoms with Crippen molar-refractivity contribution in [2.45, 2.75) is 6.92 Å². The SMILES string of the molecule is C/C(=C\N=C1C=CC(c2ccc3oc(N)nc3c2)=NC1)N1CCN(C(=O)CN)CC1. The fourth-order valence-corrected chi connectivity index (χ4v) is 3.52. The van der Waals surface area contributed by atoms with Crippen LogP contribution in [0.1, 0.15) is 12.5 Å². The molecular formula is C21H25N7O2. The highest BCUT2D eigenvalue weighted by Crippen LogP contribution is 2.19. The highest BCUT2D eigenvalue weighted by molar-refractivity contribution is 6.16. The van der Waals surface area contributed by atoms with Crippen molar-refractivity contribution < 1.29 is 9.21 Å². The van der Waals surface area contributed by atoms with Gasteiger partial charge in [-0.1, -0.05) is 0 Å². The van der Waals surface area contributed by atoms with Gasteiger partial charge >= 0.3 is 0 Å². The molecule has 0 saturated carbocycles. The summed E-state index contributed by atoms with van der Waals surface area (Å²) in [6.07, 6.45) is 5.80. The average molecular weight is 407 g/mol. The molecule has 9 nitrogen and oxygen atoms in total. The highest BCUT2D eigenvalue weighted by Gasteiger charge is 2.20. The summed E-state index contributed by atoms with van der Waals surface area (Å²) in [6, 6.07) is 5.87. The van der Waals surface area contributed by atoms with Crippen LogP contribution >= 0.6 is 0 Å². The van der Waals surface area contributed by atoms with E-state index in [0.717, 1.165) is 35.8 Å². The number of aliphatic imine (C=N–C) groups is 2. The number of aromatic nitrogens is 1. The number of carbonyl (C=O) groups excluding carboxylic acids is 1. The van der Waals surface area contributed by atoms with Crippen LogP contribution in [-0.2, 0) is 4.79 Å². The van der Waals surface area contributed by atoms with Gasteiger partial charge < -0.3 is 25.7 Å². The second-order valence-corrected chi connectivity index (χ2v) is 7.23. The van der Waals surface area contributed by atoms with Gasteiger partial charge in [0.25, 0.3) is 6.01 Å². The van der Waals surface area contributed by atoms with Crippen LogP contribution in [0.2, 0.25) is 0 Å². The van der Waals surface area contributed by atoms with Gasteiger partial charge in [0, 0.05) is 43.6 Å². The summed E-state index contributed by atoms with van der Waals surface area (Å²) in [5.41, 5.74) is 16.2. The number of rotatable bonds is 4. The Kier molecular flexibility index (Phi) is 5.62. The van der Waals surface area contributed by atoms with Gasteiger partial charge in [-0.2, -0.15) is 4.98 Å². The van der Waals surface area contributed by atoms with E-state index in [9.17, 15) is 4.79 Å². The Morgan fingerprint density at radius 3 is 2.70 bits per heavy atom. The quantitative estimate of drug-likeness (QED) is 0.783. The molecule has 0 spiro atoms. The molecule has 0 unspecified atom stereocenters. The van der Waals surface area contributed by atoms with Crippen LogP contribution in [0.5, 0.6) is 0 Å². The number of piperazine rings is 1. The lowest BCUT2D eigenvalue weighted by Gasteiger charge is -2.36. The van der Waals surface area contributed by atoms with E-state index >= 15 is 0 Å². The molecule has 1 aromatic heterocycles. The molecule has 4 rings (SSSR count). The molecule has 0 bridgehead atoms. The van der Waals surface area contributed by atoms with Crippen molar-refractivity contribution in [3.8, 4) is 0 Å². The van der Waals surface area contributed by atoms with E-state index in [1.807, 2.05) is 43.5 Å². The van der Waals surface area contributed by atoms with Gasteiger partial charge in [-0.15, -0.1) is 0 Å². The van der Waals surface area contributed by atoms with Gasteiger partial charge in [0.1, 0.15) is 5.52 Å². The largest absolute Gasteiger partial charge is 0.424 e. The topological polar surface area (TPSA) is 126 Å². The summed E-state index contributed by atoms with van der Waals surface area (Å²) < 4.78 is 5.31. The van der Waals surface area contributed by atoms with E-state index < -0.39 is 0 Å². The molecule has 2 aliphatic heterocycles. The first-order chi connectivity index (χ1) is 14.5. The molecular weight excluding hydrogens is 382 g/mol. The molecule has 0 aliphatic carbocycles. The Hall–Kier alpha value is -3.46. The van der Waals surface area contributed by atoms with Crippen LogP contribution in [-0.4, -0.2) is 71.4 Å². The summed E-state index contributed by atoms with van der Waals surface area (Å²) in [6.45, 7) is 5.55. The summed E-state index contributed by atoms with van der Waals surface area (Å²) in [5.74, 6) is 0.00343. The Morgan fingerprint density at radius 2 is 2.00 bits per heavy atom. The molecule has 1 saturated heterocycles. The number of nitrogens with zero attached hydrogens (tertiary/aromatic N) is 5. The first-order valence-corrected chi connectivity index (χ1v) is 9.88. The van der Waals surface area contributed by atoms with E-state index in [1.165, 1.54) is 0 Å². The number of hydrogen-bond acceptors (Lipinski definition) is 8. The van der Waals surface area contributed by atoms with Crippen molar-refractivity contribution in [1.82, 2.24) is 14.8 Å². The maximum Gasteiger partial charge on any atom is 0.292 e. The van der Waals surface area contributed by atoms with Crippen LogP contribution in [0.15, 0.2) is 56.7 Å². The zero-order valence-electron chi connectivity index (χ0n) is 16.9. The summed E-state index contributed by atoms with van der Waals surface area (Å²) in [7, 11) is 0. The van der Waals surface area contributed by atoms with Crippen molar-refractivity contribution in [2.75, 3.05) is 45.0 Å². The standard InChI is InChI=1S/C21H25N7O2/c1-14(27-6-8-28(9-7-27)20(29)11-22)12-24-16-3-4-17(25-13-16)15-2-5-19-18(10-15)26-21(23)30-19/h2-5,10,12H,6-9,11,13,22H2,1H3,(H2,23,26)/b14-12+,24-16?. The third kappa shape index (κ3) is 4.25. The predicted molar refractivity (Wildman–Crippen MR) is 117 cm³/mol. The number of fused-ring (bicyclic) bond motifs is 1. The Morgan fingerprint density at radius 1 is 1.23 bits per heavy atom. The highest BCUT2D eigenvalue weighted by atomic mass is 16.4. The third-order valence-corrected chi connectivity index (χ3v) is 5.27. The van der Waals surface area contributed by atoms with Crippen molar-refractivity contribution in [3.05, 3.63) is 47.8 Å². The third-order valence-electron chi connectivity index (χ3n) is 5.27. The summed E-state index contributed by atoms with van der Waals surface area (Å²) >= 11 is 0. The fourth-order valence-electron chi connectivity index (χ4n) is 3.52. The number of carbonyl (C=O) groups is 1. The van der Waals surface area contributed by atoms with E-state index in [4.69, 9.17) is 15.9 Å². The molecule has 156 valence electrons. The minimum absolute atomic E-state index is 0.00343. The fraction of sp³-hybridized carbons (Fsp3) is 0.333. The summed E-state index contributed by atoms with van der Waals surface area (Å²) in [5, 5.41) is 0. The van der Waals surface area contributed by atoms with Gasteiger partial charge in [0.15, 0.2) is 5.58 Å². The van der Waals surface area contributed by atoms with Crippen LogP contribution in [0.25, 0.3) is 11.1 Å². The first-order valence-electron chi connectivity index (χ1n) is 9.88. The molecule has 9 heteroatoms.